The Bertz CT molecular complexity index is 401. The molecule has 1 amide bonds. The lowest BCUT2D eigenvalue weighted by atomic mass is 10.1. The van der Waals surface area contributed by atoms with Gasteiger partial charge in [-0.15, -0.1) is 0 Å². The third-order valence-corrected chi connectivity index (χ3v) is 4.44. The highest BCUT2D eigenvalue weighted by Crippen LogP contribution is 2.40. The van der Waals surface area contributed by atoms with Crippen LogP contribution >= 0.6 is 0 Å². The van der Waals surface area contributed by atoms with E-state index >= 15 is 0 Å². The summed E-state index contributed by atoms with van der Waals surface area (Å²) in [5.41, 5.74) is 0.194. The van der Waals surface area contributed by atoms with Crippen LogP contribution < -0.4 is 0 Å². The Labute approximate surface area is 89.5 Å². The van der Waals surface area contributed by atoms with Crippen LogP contribution in [0.15, 0.2) is 10.6 Å². The van der Waals surface area contributed by atoms with Gasteiger partial charge in [-0.1, -0.05) is 6.92 Å². The molecule has 2 rings (SSSR count). The van der Waals surface area contributed by atoms with Crippen molar-refractivity contribution in [2.24, 2.45) is 0 Å². The maximum absolute atomic E-state index is 11.8. The smallest absolute Gasteiger partial charge is 0.355 e. The van der Waals surface area contributed by atoms with Crippen LogP contribution in [0.1, 0.15) is 19.8 Å². The fourth-order valence-electron chi connectivity index (χ4n) is 1.84. The van der Waals surface area contributed by atoms with Gasteiger partial charge in [-0.05, 0) is 6.42 Å². The second-order valence-corrected chi connectivity index (χ2v) is 4.97. The molecule has 2 heterocycles. The van der Waals surface area contributed by atoms with Crippen molar-refractivity contribution >= 4 is 22.7 Å². The number of allylic oxidation sites excluding steroid dienone is 1. The van der Waals surface area contributed by atoms with Gasteiger partial charge in [0.25, 0.3) is 0 Å². The molecule has 0 bridgehead atoms. The van der Waals surface area contributed by atoms with Crippen molar-refractivity contribution in [2.75, 3.05) is 7.11 Å². The zero-order valence-corrected chi connectivity index (χ0v) is 9.30. The largest absolute Gasteiger partial charge is 0.464 e. The highest BCUT2D eigenvalue weighted by atomic mass is 32.2. The van der Waals surface area contributed by atoms with Crippen molar-refractivity contribution < 1.29 is 18.5 Å². The molecule has 2 atom stereocenters. The van der Waals surface area contributed by atoms with Gasteiger partial charge in [0.15, 0.2) is 0 Å². The van der Waals surface area contributed by atoms with Gasteiger partial charge in [-0.2, -0.15) is 0 Å². The number of amides is 1. The molecule has 0 radical (unpaired) electrons. The molecule has 0 aromatic carbocycles. The highest BCUT2D eigenvalue weighted by molar-refractivity contribution is 7.90. The van der Waals surface area contributed by atoms with Crippen molar-refractivity contribution in [1.82, 2.24) is 4.90 Å². The lowest BCUT2D eigenvalue weighted by molar-refractivity contribution is -0.147. The second kappa shape index (κ2) is 3.44. The van der Waals surface area contributed by atoms with Crippen molar-refractivity contribution in [3.63, 3.8) is 0 Å². The van der Waals surface area contributed by atoms with Crippen LogP contribution in [0.3, 0.4) is 0 Å². The minimum absolute atomic E-state index is 0.155. The molecule has 2 aliphatic heterocycles. The maximum Gasteiger partial charge on any atom is 0.355 e. The molecule has 1 saturated heterocycles. The maximum atomic E-state index is 11.8. The Morgan fingerprint density at radius 2 is 2.33 bits per heavy atom. The normalized spacial score (nSPS) is 28.9. The molecule has 0 saturated carbocycles. The number of esters is 1. The van der Waals surface area contributed by atoms with Crippen molar-refractivity contribution in [3.05, 3.63) is 10.6 Å². The van der Waals surface area contributed by atoms with E-state index in [-0.39, 0.29) is 23.4 Å². The molecule has 15 heavy (non-hydrogen) atoms. The number of hydrogen-bond acceptors (Lipinski definition) is 4. The van der Waals surface area contributed by atoms with E-state index in [1.54, 1.807) is 0 Å². The summed E-state index contributed by atoms with van der Waals surface area (Å²) in [4.78, 5) is 24.6. The number of carbonyl (C=O) groups is 2. The molecule has 5 nitrogen and oxygen atoms in total. The van der Waals surface area contributed by atoms with Gasteiger partial charge >= 0.3 is 5.97 Å². The van der Waals surface area contributed by atoms with Crippen molar-refractivity contribution in [2.45, 2.75) is 25.1 Å². The minimum Gasteiger partial charge on any atom is -0.464 e. The van der Waals surface area contributed by atoms with E-state index in [0.29, 0.717) is 11.3 Å². The fraction of sp³-hybridized carbons (Fsp3) is 0.556. The van der Waals surface area contributed by atoms with Crippen LogP contribution in [0.5, 0.6) is 0 Å². The van der Waals surface area contributed by atoms with Crippen LogP contribution in [0.2, 0.25) is 0 Å². The van der Waals surface area contributed by atoms with Crippen LogP contribution in [0, 0.1) is 0 Å². The topological polar surface area (TPSA) is 63.7 Å². The molecule has 1 fully saturated rings. The SMILES string of the molecule is CCC1=C(C(=O)OC)N2C(=O)CC2S1=O. The molecule has 0 aromatic heterocycles. The predicted octanol–water partition coefficient (Wildman–Crippen LogP) is 0.102. The van der Waals surface area contributed by atoms with Crippen molar-refractivity contribution in [1.29, 1.82) is 0 Å². The monoisotopic (exact) mass is 229 g/mol. The van der Waals surface area contributed by atoms with E-state index in [2.05, 4.69) is 4.74 Å². The van der Waals surface area contributed by atoms with E-state index in [1.807, 2.05) is 6.92 Å². The fourth-order valence-corrected chi connectivity index (χ4v) is 3.53. The van der Waals surface area contributed by atoms with Crippen LogP contribution in [0.25, 0.3) is 0 Å². The summed E-state index contributed by atoms with van der Waals surface area (Å²) in [6.07, 6.45) is 0.758. The zero-order chi connectivity index (χ0) is 11.2. The van der Waals surface area contributed by atoms with Gasteiger partial charge in [0, 0.05) is 4.91 Å². The summed E-state index contributed by atoms with van der Waals surface area (Å²) in [6.45, 7) is 1.81. The van der Waals surface area contributed by atoms with Gasteiger partial charge in [-0.25, -0.2) is 4.79 Å². The first-order chi connectivity index (χ1) is 7.11. The van der Waals surface area contributed by atoms with Gasteiger partial charge in [-0.3, -0.25) is 13.9 Å². The van der Waals surface area contributed by atoms with E-state index in [0.717, 1.165) is 0 Å². The number of methoxy groups -OCH3 is 1. The molecule has 6 heteroatoms. The quantitative estimate of drug-likeness (QED) is 0.497. The van der Waals surface area contributed by atoms with Gasteiger partial charge in [0.1, 0.15) is 11.1 Å². The van der Waals surface area contributed by atoms with E-state index in [9.17, 15) is 13.8 Å². The molecule has 0 aliphatic carbocycles. The first kappa shape index (κ1) is 10.4. The Balaban J connectivity index is 2.44. The zero-order valence-electron chi connectivity index (χ0n) is 8.48. The molecule has 2 unspecified atom stereocenters. The van der Waals surface area contributed by atoms with E-state index in [4.69, 9.17) is 0 Å². The Kier molecular flexibility index (Phi) is 2.38. The van der Waals surface area contributed by atoms with Gasteiger partial charge in [0.2, 0.25) is 5.91 Å². The molecular weight excluding hydrogens is 218 g/mol. The molecule has 0 aromatic rings. The average Bonchev–Trinajstić information content (AvgIpc) is 2.45. The number of hydrogen-bond donors (Lipinski definition) is 0. The third kappa shape index (κ3) is 1.24. The Morgan fingerprint density at radius 1 is 1.67 bits per heavy atom. The molecular formula is C9H11NO4S. The van der Waals surface area contributed by atoms with Crippen LogP contribution in [-0.2, 0) is 25.1 Å². The number of ether oxygens (including phenoxy) is 1. The number of carbonyl (C=O) groups excluding carboxylic acids is 2. The lowest BCUT2D eigenvalue weighted by Gasteiger charge is -2.33. The summed E-state index contributed by atoms with van der Waals surface area (Å²) < 4.78 is 16.4. The number of fused-ring (bicyclic) bond motifs is 1. The second-order valence-electron chi connectivity index (χ2n) is 3.34. The predicted molar refractivity (Wildman–Crippen MR) is 52.7 cm³/mol. The van der Waals surface area contributed by atoms with Gasteiger partial charge in [0.05, 0.1) is 24.3 Å². The summed E-state index contributed by atoms with van der Waals surface area (Å²) in [5.74, 6) is -0.729. The lowest BCUT2D eigenvalue weighted by Crippen LogP contribution is -2.51. The molecule has 82 valence electrons. The summed E-state index contributed by atoms with van der Waals surface area (Å²) in [7, 11) is 0.0154. The van der Waals surface area contributed by atoms with E-state index < -0.39 is 16.8 Å². The molecule has 2 aliphatic rings. The standard InChI is InChI=1S/C9H11NO4S/c1-3-5-8(9(12)14-2)10-6(11)4-7(10)15(5)13/h7H,3-4H2,1-2H3. The molecule has 0 spiro atoms. The number of nitrogens with zero attached hydrogens (tertiary/aromatic N) is 1. The summed E-state index contributed by atoms with van der Waals surface area (Å²) >= 11 is 0. The Morgan fingerprint density at radius 3 is 2.80 bits per heavy atom. The van der Waals surface area contributed by atoms with E-state index in [1.165, 1.54) is 12.0 Å². The third-order valence-electron chi connectivity index (χ3n) is 2.60. The van der Waals surface area contributed by atoms with Gasteiger partial charge < -0.3 is 4.74 Å². The van der Waals surface area contributed by atoms with Crippen LogP contribution in [0.4, 0.5) is 0 Å². The number of rotatable bonds is 2. The Hall–Kier alpha value is -1.17. The first-order valence-electron chi connectivity index (χ1n) is 4.65. The first-order valence-corrected chi connectivity index (χ1v) is 5.87. The molecule has 0 N–H and O–H groups in total. The number of β-lactam (4-membered cyclic amide) rings is 1. The van der Waals surface area contributed by atoms with Crippen molar-refractivity contribution in [3.8, 4) is 0 Å². The average molecular weight is 229 g/mol. The highest BCUT2D eigenvalue weighted by Gasteiger charge is 2.52. The summed E-state index contributed by atoms with van der Waals surface area (Å²) in [6, 6.07) is 0. The minimum atomic E-state index is -1.24. The summed E-state index contributed by atoms with van der Waals surface area (Å²) in [5, 5.41) is -0.332. The van der Waals surface area contributed by atoms with Crippen LogP contribution in [-0.4, -0.2) is 33.5 Å².